The standard InChI is InChI=1S/C28H28F3N3O2S2/c1-33(2)20-10-8-15(9-11-20)22-23-16-6-7-17(12-16)24(23)37-26-25(22)38-27(36)34(26)14-21(35)32-19-5-3-4-18(13-19)28(29,30)31/h3-5,8-11,13,16-17,22-24H,6-7,12,14H2,1-2H3,(H,32,35). The van der Waals surface area contributed by atoms with E-state index in [1.54, 1.807) is 11.8 Å². The van der Waals surface area contributed by atoms with Crippen molar-refractivity contribution in [3.05, 3.63) is 74.2 Å². The summed E-state index contributed by atoms with van der Waals surface area (Å²) in [5.41, 5.74) is 1.53. The number of carbonyl (C=O) groups is 1. The number of nitrogens with one attached hydrogen (secondary N) is 1. The quantitative estimate of drug-likeness (QED) is 0.400. The number of fused-ring (bicyclic) bond motifs is 6. The van der Waals surface area contributed by atoms with Gasteiger partial charge in [0.15, 0.2) is 0 Å². The molecule has 2 aliphatic carbocycles. The second kappa shape index (κ2) is 9.48. The number of benzene rings is 2. The average Bonchev–Trinajstić information content (AvgIpc) is 3.57. The van der Waals surface area contributed by atoms with Crippen LogP contribution in [0.25, 0.3) is 0 Å². The Morgan fingerprint density at radius 1 is 1.11 bits per heavy atom. The summed E-state index contributed by atoms with van der Waals surface area (Å²) in [6.45, 7) is -0.230. The van der Waals surface area contributed by atoms with Crippen molar-refractivity contribution in [3.63, 3.8) is 0 Å². The van der Waals surface area contributed by atoms with Crippen LogP contribution in [-0.2, 0) is 17.5 Å². The van der Waals surface area contributed by atoms with E-state index in [9.17, 15) is 22.8 Å². The van der Waals surface area contributed by atoms with Crippen molar-refractivity contribution in [2.24, 2.45) is 17.8 Å². The zero-order valence-corrected chi connectivity index (χ0v) is 22.6. The monoisotopic (exact) mass is 559 g/mol. The third-order valence-corrected chi connectivity index (χ3v) is 11.1. The van der Waals surface area contributed by atoms with Gasteiger partial charge < -0.3 is 10.2 Å². The number of thiazole rings is 1. The van der Waals surface area contributed by atoms with Crippen LogP contribution in [0.3, 0.4) is 0 Å². The molecular weight excluding hydrogens is 531 g/mol. The lowest BCUT2D eigenvalue weighted by Gasteiger charge is -2.40. The van der Waals surface area contributed by atoms with E-state index < -0.39 is 17.6 Å². The highest BCUT2D eigenvalue weighted by atomic mass is 32.2. The van der Waals surface area contributed by atoms with Gasteiger partial charge >= 0.3 is 11.0 Å². The first kappa shape index (κ1) is 25.6. The summed E-state index contributed by atoms with van der Waals surface area (Å²) in [7, 11) is 4.01. The number of amides is 1. The molecule has 1 amide bonds. The molecular formula is C28H28F3N3O2S2. The number of carbonyl (C=O) groups excluding carboxylic acids is 1. The van der Waals surface area contributed by atoms with Crippen LogP contribution in [0.1, 0.15) is 41.2 Å². The summed E-state index contributed by atoms with van der Waals surface area (Å²) in [5.74, 6) is 1.29. The molecule has 2 fully saturated rings. The Morgan fingerprint density at radius 2 is 1.84 bits per heavy atom. The Morgan fingerprint density at radius 3 is 2.55 bits per heavy atom. The molecule has 0 radical (unpaired) electrons. The van der Waals surface area contributed by atoms with Crippen LogP contribution in [0.4, 0.5) is 24.5 Å². The molecule has 3 aromatic rings. The van der Waals surface area contributed by atoms with Crippen LogP contribution < -0.4 is 15.1 Å². The van der Waals surface area contributed by atoms with E-state index in [4.69, 9.17) is 0 Å². The number of alkyl halides is 3. The molecule has 1 N–H and O–H groups in total. The topological polar surface area (TPSA) is 54.3 Å². The van der Waals surface area contributed by atoms with Crippen molar-refractivity contribution in [3.8, 4) is 0 Å². The van der Waals surface area contributed by atoms with Gasteiger partial charge in [-0.25, -0.2) is 0 Å². The highest BCUT2D eigenvalue weighted by molar-refractivity contribution is 8.00. The van der Waals surface area contributed by atoms with E-state index in [-0.39, 0.29) is 23.0 Å². The maximum Gasteiger partial charge on any atom is 0.416 e. The molecule has 10 heteroatoms. The fraction of sp³-hybridized carbons (Fsp3) is 0.429. The van der Waals surface area contributed by atoms with Crippen LogP contribution in [0.2, 0.25) is 0 Å². The Bertz CT molecular complexity index is 1430. The van der Waals surface area contributed by atoms with Gasteiger partial charge in [0.25, 0.3) is 0 Å². The number of hydrogen-bond acceptors (Lipinski definition) is 5. The summed E-state index contributed by atoms with van der Waals surface area (Å²) in [5, 5.41) is 3.79. The first-order chi connectivity index (χ1) is 18.1. The number of nitrogens with zero attached hydrogens (tertiary/aromatic N) is 2. The normalized spacial score (nSPS) is 25.7. The van der Waals surface area contributed by atoms with Gasteiger partial charge in [-0.3, -0.25) is 14.2 Å². The van der Waals surface area contributed by atoms with Crippen molar-refractivity contribution in [1.29, 1.82) is 0 Å². The Balaban J connectivity index is 1.32. The van der Waals surface area contributed by atoms with E-state index in [2.05, 4.69) is 34.5 Å². The van der Waals surface area contributed by atoms with Crippen molar-refractivity contribution in [2.45, 2.75) is 48.2 Å². The van der Waals surface area contributed by atoms with Crippen LogP contribution in [0.15, 0.2) is 58.4 Å². The fourth-order valence-corrected chi connectivity index (χ4v) is 9.71. The maximum atomic E-state index is 13.2. The van der Waals surface area contributed by atoms with Gasteiger partial charge in [-0.1, -0.05) is 29.5 Å². The van der Waals surface area contributed by atoms with Gasteiger partial charge in [-0.05, 0) is 72.9 Å². The van der Waals surface area contributed by atoms with E-state index >= 15 is 0 Å². The zero-order valence-electron chi connectivity index (χ0n) is 21.0. The molecule has 5 atom stereocenters. The molecule has 6 rings (SSSR count). The Labute approximate surface area is 227 Å². The number of aromatic nitrogens is 1. The summed E-state index contributed by atoms with van der Waals surface area (Å²) in [6.07, 6.45) is -0.866. The van der Waals surface area contributed by atoms with Crippen LogP contribution in [0, 0.1) is 17.8 Å². The Hall–Kier alpha value is -2.72. The molecule has 2 heterocycles. The lowest BCUT2D eigenvalue weighted by Crippen LogP contribution is -2.34. The predicted octanol–water partition coefficient (Wildman–Crippen LogP) is 6.29. The number of hydrogen-bond donors (Lipinski definition) is 1. The largest absolute Gasteiger partial charge is 0.416 e. The predicted molar refractivity (Wildman–Crippen MR) is 145 cm³/mol. The molecule has 38 heavy (non-hydrogen) atoms. The lowest BCUT2D eigenvalue weighted by molar-refractivity contribution is -0.137. The number of anilines is 2. The van der Waals surface area contributed by atoms with Gasteiger partial charge in [0.05, 0.1) is 10.6 Å². The third-order valence-electron chi connectivity index (χ3n) is 8.23. The maximum absolute atomic E-state index is 13.2. The van der Waals surface area contributed by atoms with Crippen LogP contribution in [-0.4, -0.2) is 29.8 Å². The van der Waals surface area contributed by atoms with E-state index in [0.717, 1.165) is 27.7 Å². The molecule has 2 bridgehead atoms. The highest BCUT2D eigenvalue weighted by Gasteiger charge is 2.55. The second-order valence-corrected chi connectivity index (χ2v) is 12.9. The molecule has 1 aromatic heterocycles. The van der Waals surface area contributed by atoms with Crippen molar-refractivity contribution < 1.29 is 18.0 Å². The molecule has 200 valence electrons. The minimum Gasteiger partial charge on any atom is -0.378 e. The molecule has 0 saturated heterocycles. The molecule has 5 nitrogen and oxygen atoms in total. The van der Waals surface area contributed by atoms with Crippen LogP contribution in [0.5, 0.6) is 0 Å². The number of thioether (sulfide) groups is 1. The van der Waals surface area contributed by atoms with Crippen LogP contribution >= 0.6 is 23.1 Å². The van der Waals surface area contributed by atoms with Gasteiger partial charge in [0, 0.05) is 41.5 Å². The SMILES string of the molecule is CN(C)c1ccc(C2c3sc(=O)n(CC(=O)Nc4cccc(C(F)(F)F)c4)c3SC3C4CCC(C4)C23)cc1. The van der Waals surface area contributed by atoms with Gasteiger partial charge in [0.2, 0.25) is 5.91 Å². The minimum absolute atomic E-state index is 0.0571. The second-order valence-electron chi connectivity index (χ2n) is 10.7. The van der Waals surface area contributed by atoms with Gasteiger partial charge in [-0.15, -0.1) is 11.8 Å². The Kier molecular flexibility index (Phi) is 6.38. The van der Waals surface area contributed by atoms with E-state index in [1.807, 2.05) is 14.1 Å². The third kappa shape index (κ3) is 4.45. The molecule has 1 aliphatic heterocycles. The number of rotatable bonds is 5. The lowest BCUT2D eigenvalue weighted by atomic mass is 9.75. The van der Waals surface area contributed by atoms with Gasteiger partial charge in [0.1, 0.15) is 6.54 Å². The first-order valence-corrected chi connectivity index (χ1v) is 14.4. The van der Waals surface area contributed by atoms with Crippen molar-refractivity contribution >= 4 is 40.4 Å². The molecule has 2 aromatic carbocycles. The van der Waals surface area contributed by atoms with Gasteiger partial charge in [-0.2, -0.15) is 13.2 Å². The van der Waals surface area contributed by atoms with E-state index in [1.165, 1.54) is 52.9 Å². The molecule has 0 spiro atoms. The first-order valence-electron chi connectivity index (χ1n) is 12.7. The van der Waals surface area contributed by atoms with E-state index in [0.29, 0.717) is 23.0 Å². The van der Waals surface area contributed by atoms with Crippen molar-refractivity contribution in [2.75, 3.05) is 24.3 Å². The zero-order chi connectivity index (χ0) is 26.8. The molecule has 5 unspecified atom stereocenters. The minimum atomic E-state index is -4.50. The molecule has 3 aliphatic rings. The summed E-state index contributed by atoms with van der Waals surface area (Å²) < 4.78 is 40.8. The molecule has 2 saturated carbocycles. The number of halogens is 3. The fourth-order valence-electron chi connectivity index (χ4n) is 6.56. The average molecular weight is 560 g/mol. The smallest absolute Gasteiger partial charge is 0.378 e. The summed E-state index contributed by atoms with van der Waals surface area (Å²) in [6, 6.07) is 13.1. The highest BCUT2D eigenvalue weighted by Crippen LogP contribution is 2.64. The summed E-state index contributed by atoms with van der Waals surface area (Å²) in [4.78, 5) is 29.0. The van der Waals surface area contributed by atoms with Crippen molar-refractivity contribution in [1.82, 2.24) is 4.57 Å². The summed E-state index contributed by atoms with van der Waals surface area (Å²) >= 11 is 2.94.